The summed E-state index contributed by atoms with van der Waals surface area (Å²) in [6, 6.07) is 7.13. The third-order valence-corrected chi connectivity index (χ3v) is 3.23. The van der Waals surface area contributed by atoms with Gasteiger partial charge in [0.15, 0.2) is 5.82 Å². The Balaban J connectivity index is 2.88. The molecular formula is C16H17N3O. The van der Waals surface area contributed by atoms with Crippen molar-refractivity contribution in [1.82, 2.24) is 9.66 Å². The first kappa shape index (κ1) is 13.8. The Morgan fingerprint density at radius 2 is 2.05 bits per heavy atom. The van der Waals surface area contributed by atoms with Gasteiger partial charge in [-0.25, -0.2) is 9.66 Å². The molecule has 0 aliphatic carbocycles. The molecule has 4 heteroatoms. The van der Waals surface area contributed by atoms with Crippen molar-refractivity contribution in [2.75, 3.05) is 5.84 Å². The van der Waals surface area contributed by atoms with Crippen LogP contribution in [-0.2, 0) is 0 Å². The average Bonchev–Trinajstić information content (AvgIpc) is 2.49. The van der Waals surface area contributed by atoms with Crippen LogP contribution in [0.5, 0.6) is 0 Å². The van der Waals surface area contributed by atoms with E-state index in [2.05, 4.69) is 18.1 Å². The van der Waals surface area contributed by atoms with Gasteiger partial charge in [-0.1, -0.05) is 44.4 Å². The van der Waals surface area contributed by atoms with Gasteiger partial charge in [-0.15, -0.1) is 0 Å². The van der Waals surface area contributed by atoms with E-state index in [-0.39, 0.29) is 5.56 Å². The molecule has 1 aromatic heterocycles. The molecule has 0 saturated heterocycles. The van der Waals surface area contributed by atoms with Crippen LogP contribution in [0.15, 0.2) is 59.9 Å². The van der Waals surface area contributed by atoms with E-state index in [1.54, 1.807) is 30.4 Å². The molecule has 1 aromatic carbocycles. The van der Waals surface area contributed by atoms with Crippen molar-refractivity contribution >= 4 is 16.5 Å². The topological polar surface area (TPSA) is 60.9 Å². The molecule has 4 nitrogen and oxygen atoms in total. The third kappa shape index (κ3) is 2.16. The molecule has 0 aliphatic rings. The van der Waals surface area contributed by atoms with E-state index in [9.17, 15) is 4.79 Å². The van der Waals surface area contributed by atoms with Gasteiger partial charge >= 0.3 is 0 Å². The lowest BCUT2D eigenvalue weighted by atomic mass is 10.0. The molecule has 0 amide bonds. The fourth-order valence-corrected chi connectivity index (χ4v) is 2.15. The Morgan fingerprint density at radius 1 is 1.35 bits per heavy atom. The van der Waals surface area contributed by atoms with E-state index < -0.39 is 0 Å². The number of hydrogen-bond donors (Lipinski definition) is 1. The molecule has 1 heterocycles. The number of rotatable bonds is 4. The summed E-state index contributed by atoms with van der Waals surface area (Å²) in [5.41, 5.74) is 2.02. The molecule has 2 N–H and O–H groups in total. The standard InChI is InChI=1S/C16H17N3O/c1-4-11(5-2)12(6-3)15-18-14-10-8-7-9-13(14)16(20)19(15)17/h4,6-10H,1,3,5,17H2,2H3/b12-11-. The van der Waals surface area contributed by atoms with E-state index in [0.717, 1.165) is 22.2 Å². The highest BCUT2D eigenvalue weighted by Gasteiger charge is 2.12. The van der Waals surface area contributed by atoms with Crippen LogP contribution < -0.4 is 11.4 Å². The summed E-state index contributed by atoms with van der Waals surface area (Å²) in [7, 11) is 0. The summed E-state index contributed by atoms with van der Waals surface area (Å²) in [6.07, 6.45) is 4.15. The first-order valence-electron chi connectivity index (χ1n) is 6.39. The first-order valence-corrected chi connectivity index (χ1v) is 6.39. The van der Waals surface area contributed by atoms with Crippen molar-refractivity contribution in [2.45, 2.75) is 13.3 Å². The van der Waals surface area contributed by atoms with Crippen LogP contribution in [0.1, 0.15) is 19.2 Å². The zero-order valence-corrected chi connectivity index (χ0v) is 11.5. The van der Waals surface area contributed by atoms with Crippen LogP contribution in [0.25, 0.3) is 16.5 Å². The maximum absolute atomic E-state index is 12.3. The molecule has 0 fully saturated rings. The summed E-state index contributed by atoms with van der Waals surface area (Å²) in [4.78, 5) is 16.8. The van der Waals surface area contributed by atoms with Crippen molar-refractivity contribution in [3.05, 3.63) is 71.3 Å². The highest BCUT2D eigenvalue weighted by atomic mass is 16.1. The Morgan fingerprint density at radius 3 is 2.65 bits per heavy atom. The Hall–Kier alpha value is -2.62. The maximum Gasteiger partial charge on any atom is 0.280 e. The SMILES string of the molecule is C=C/C(CC)=C(\C=C)c1nc2ccccc2c(=O)n1N. The molecule has 2 rings (SSSR count). The van der Waals surface area contributed by atoms with Gasteiger partial charge in [0.2, 0.25) is 0 Å². The second-order valence-electron chi connectivity index (χ2n) is 4.33. The smallest absolute Gasteiger partial charge is 0.280 e. The fraction of sp³-hybridized carbons (Fsp3) is 0.125. The molecule has 0 radical (unpaired) electrons. The van der Waals surface area contributed by atoms with Gasteiger partial charge in [-0.05, 0) is 24.1 Å². The summed E-state index contributed by atoms with van der Waals surface area (Å²) in [5.74, 6) is 6.30. The lowest BCUT2D eigenvalue weighted by Crippen LogP contribution is -2.31. The highest BCUT2D eigenvalue weighted by molar-refractivity contribution is 5.82. The second-order valence-corrected chi connectivity index (χ2v) is 4.33. The zero-order chi connectivity index (χ0) is 14.7. The monoisotopic (exact) mass is 267 g/mol. The molecular weight excluding hydrogens is 250 g/mol. The van der Waals surface area contributed by atoms with Gasteiger partial charge in [0.05, 0.1) is 10.9 Å². The fourth-order valence-electron chi connectivity index (χ4n) is 2.15. The van der Waals surface area contributed by atoms with Crippen molar-refractivity contribution in [3.63, 3.8) is 0 Å². The quantitative estimate of drug-likeness (QED) is 0.684. The molecule has 0 spiro atoms. The van der Waals surface area contributed by atoms with Crippen LogP contribution >= 0.6 is 0 Å². The summed E-state index contributed by atoms with van der Waals surface area (Å²) < 4.78 is 1.07. The van der Waals surface area contributed by atoms with E-state index in [0.29, 0.717) is 16.7 Å². The summed E-state index contributed by atoms with van der Waals surface area (Å²) in [6.45, 7) is 9.57. The zero-order valence-electron chi connectivity index (χ0n) is 11.5. The van der Waals surface area contributed by atoms with Gasteiger partial charge in [0.25, 0.3) is 5.56 Å². The maximum atomic E-state index is 12.3. The van der Waals surface area contributed by atoms with Crippen LogP contribution in [0, 0.1) is 0 Å². The number of aromatic nitrogens is 2. The summed E-state index contributed by atoms with van der Waals surface area (Å²) in [5, 5.41) is 0.499. The molecule has 102 valence electrons. The van der Waals surface area contributed by atoms with Crippen molar-refractivity contribution in [1.29, 1.82) is 0 Å². The molecule has 0 saturated carbocycles. The van der Waals surface area contributed by atoms with Gasteiger partial charge in [0, 0.05) is 5.57 Å². The second kappa shape index (κ2) is 5.57. The van der Waals surface area contributed by atoms with Gasteiger partial charge in [-0.3, -0.25) is 4.79 Å². The lowest BCUT2D eigenvalue weighted by molar-refractivity contribution is 0.886. The van der Waals surface area contributed by atoms with Gasteiger partial charge in [-0.2, -0.15) is 0 Å². The normalized spacial score (nSPS) is 12.1. The Kier molecular flexibility index (Phi) is 3.84. The third-order valence-electron chi connectivity index (χ3n) is 3.23. The van der Waals surface area contributed by atoms with E-state index in [4.69, 9.17) is 5.84 Å². The first-order chi connectivity index (χ1) is 9.63. The predicted molar refractivity (Wildman–Crippen MR) is 83.8 cm³/mol. The molecule has 0 atom stereocenters. The number of hydrogen-bond acceptors (Lipinski definition) is 3. The minimum absolute atomic E-state index is 0.274. The number of allylic oxidation sites excluding steroid dienone is 4. The average molecular weight is 267 g/mol. The molecule has 20 heavy (non-hydrogen) atoms. The minimum Gasteiger partial charge on any atom is -0.334 e. The van der Waals surface area contributed by atoms with Crippen molar-refractivity contribution in [3.8, 4) is 0 Å². The van der Waals surface area contributed by atoms with Crippen LogP contribution in [-0.4, -0.2) is 9.66 Å². The van der Waals surface area contributed by atoms with Crippen LogP contribution in [0.3, 0.4) is 0 Å². The number of benzene rings is 1. The van der Waals surface area contributed by atoms with Crippen LogP contribution in [0.4, 0.5) is 0 Å². The number of nitrogens with zero attached hydrogens (tertiary/aromatic N) is 2. The van der Waals surface area contributed by atoms with Gasteiger partial charge < -0.3 is 5.84 Å². The molecule has 0 bridgehead atoms. The number of para-hydroxylation sites is 1. The molecule has 2 aromatic rings. The predicted octanol–water partition coefficient (Wildman–Crippen LogP) is 2.65. The highest BCUT2D eigenvalue weighted by Crippen LogP contribution is 2.21. The van der Waals surface area contributed by atoms with E-state index in [1.165, 1.54) is 0 Å². The Bertz CT molecular complexity index is 769. The largest absolute Gasteiger partial charge is 0.334 e. The van der Waals surface area contributed by atoms with Crippen LogP contribution in [0.2, 0.25) is 0 Å². The van der Waals surface area contributed by atoms with E-state index >= 15 is 0 Å². The van der Waals surface area contributed by atoms with Crippen molar-refractivity contribution in [2.24, 2.45) is 0 Å². The molecule has 0 unspecified atom stereocenters. The Labute approximate surface area is 117 Å². The van der Waals surface area contributed by atoms with Gasteiger partial charge in [0.1, 0.15) is 0 Å². The minimum atomic E-state index is -0.274. The summed E-state index contributed by atoms with van der Waals surface area (Å²) >= 11 is 0. The number of nitrogens with two attached hydrogens (primary N) is 1. The van der Waals surface area contributed by atoms with Crippen molar-refractivity contribution < 1.29 is 0 Å². The number of nitrogen functional groups attached to an aromatic ring is 1. The lowest BCUT2D eigenvalue weighted by Gasteiger charge is -2.12. The molecule has 0 aliphatic heterocycles. The number of fused-ring (bicyclic) bond motifs is 1. The van der Waals surface area contributed by atoms with E-state index in [1.807, 2.05) is 13.0 Å².